The molecule has 1 aromatic rings. The summed E-state index contributed by atoms with van der Waals surface area (Å²) in [6, 6.07) is 4.32. The largest absolute Gasteiger partial charge is 0.371 e. The molecule has 1 saturated heterocycles. The van der Waals surface area contributed by atoms with Crippen LogP contribution in [0.2, 0.25) is 0 Å². The van der Waals surface area contributed by atoms with Crippen LogP contribution in [0.5, 0.6) is 0 Å². The maximum absolute atomic E-state index is 10.9. The number of hydrogen-bond acceptors (Lipinski definition) is 2. The molecule has 1 aliphatic heterocycles. The number of benzene rings is 1. The lowest BCUT2D eigenvalue weighted by atomic mass is 9.98. The summed E-state index contributed by atoms with van der Waals surface area (Å²) < 4.78 is 0. The monoisotopic (exact) mass is 272 g/mol. The molecule has 0 radical (unpaired) electrons. The van der Waals surface area contributed by atoms with Crippen molar-refractivity contribution in [2.24, 2.45) is 5.73 Å². The first-order chi connectivity index (χ1) is 9.61. The molecule has 0 aliphatic carbocycles. The Balaban J connectivity index is 2.34. The topological polar surface area (TPSA) is 46.3 Å². The quantitative estimate of drug-likeness (QED) is 0.856. The lowest BCUT2D eigenvalue weighted by Crippen LogP contribution is -2.30. The highest BCUT2D eigenvalue weighted by Gasteiger charge is 2.16. The number of piperidine rings is 1. The zero-order valence-corrected chi connectivity index (χ0v) is 12.5. The summed E-state index contributed by atoms with van der Waals surface area (Å²) in [4.78, 5) is 13.4. The summed E-state index contributed by atoms with van der Waals surface area (Å²) in [5, 5.41) is 0. The van der Waals surface area contributed by atoms with Crippen LogP contribution in [0.1, 0.15) is 42.9 Å². The van der Waals surface area contributed by atoms with Crippen LogP contribution in [0.15, 0.2) is 18.2 Å². The third-order valence-electron chi connectivity index (χ3n) is 3.89. The summed E-state index contributed by atoms with van der Waals surface area (Å²) in [6.07, 6.45) is 8.14. The van der Waals surface area contributed by atoms with Crippen molar-refractivity contribution >= 4 is 17.7 Å². The van der Waals surface area contributed by atoms with Gasteiger partial charge in [0.25, 0.3) is 0 Å². The van der Waals surface area contributed by atoms with Crippen molar-refractivity contribution in [3.8, 4) is 0 Å². The Hall–Kier alpha value is -1.77. The van der Waals surface area contributed by atoms with Gasteiger partial charge in [0, 0.05) is 24.9 Å². The van der Waals surface area contributed by atoms with Gasteiger partial charge in [0.05, 0.1) is 0 Å². The SMILES string of the molecule is CCc1cc(/C=C\C(N)=O)cc(C)c1N1CCCCC1. The number of primary amides is 1. The summed E-state index contributed by atoms with van der Waals surface area (Å²) in [7, 11) is 0. The number of aryl methyl sites for hydroxylation is 2. The molecule has 0 saturated carbocycles. The Morgan fingerprint density at radius 3 is 2.60 bits per heavy atom. The Morgan fingerprint density at radius 2 is 2.00 bits per heavy atom. The van der Waals surface area contributed by atoms with Gasteiger partial charge in [0.15, 0.2) is 0 Å². The van der Waals surface area contributed by atoms with Crippen molar-refractivity contribution < 1.29 is 4.79 Å². The fourth-order valence-electron chi connectivity index (χ4n) is 3.00. The maximum Gasteiger partial charge on any atom is 0.241 e. The summed E-state index contributed by atoms with van der Waals surface area (Å²) in [6.45, 7) is 6.66. The number of nitrogens with two attached hydrogens (primary N) is 1. The van der Waals surface area contributed by atoms with Gasteiger partial charge in [0.2, 0.25) is 5.91 Å². The molecule has 1 fully saturated rings. The van der Waals surface area contributed by atoms with Crippen LogP contribution in [-0.4, -0.2) is 19.0 Å². The highest BCUT2D eigenvalue weighted by molar-refractivity contribution is 5.90. The Kier molecular flexibility index (Phi) is 4.83. The lowest BCUT2D eigenvalue weighted by Gasteiger charge is -2.32. The molecular formula is C17H24N2O. The number of nitrogens with zero attached hydrogens (tertiary/aromatic N) is 1. The lowest BCUT2D eigenvalue weighted by molar-refractivity contribution is -0.113. The van der Waals surface area contributed by atoms with E-state index in [4.69, 9.17) is 5.73 Å². The van der Waals surface area contributed by atoms with E-state index in [0.29, 0.717) is 0 Å². The first kappa shape index (κ1) is 14.6. The standard InChI is InChI=1S/C17H24N2O/c1-3-15-12-14(7-8-16(18)20)11-13(2)17(15)19-9-5-4-6-10-19/h7-8,11-12H,3-6,9-10H2,1-2H3,(H2,18,20)/b8-7-. The second kappa shape index (κ2) is 6.60. The highest BCUT2D eigenvalue weighted by Crippen LogP contribution is 2.30. The van der Waals surface area contributed by atoms with Gasteiger partial charge in [-0.25, -0.2) is 0 Å². The van der Waals surface area contributed by atoms with E-state index >= 15 is 0 Å². The third kappa shape index (κ3) is 3.41. The van der Waals surface area contributed by atoms with Gasteiger partial charge in [-0.1, -0.05) is 6.92 Å². The zero-order chi connectivity index (χ0) is 14.5. The van der Waals surface area contributed by atoms with E-state index in [0.717, 1.165) is 25.1 Å². The van der Waals surface area contributed by atoms with E-state index in [1.54, 1.807) is 6.08 Å². The van der Waals surface area contributed by atoms with Gasteiger partial charge in [-0.3, -0.25) is 4.79 Å². The van der Waals surface area contributed by atoms with E-state index in [1.165, 1.54) is 42.2 Å². The number of hydrogen-bond donors (Lipinski definition) is 1. The van der Waals surface area contributed by atoms with Crippen LogP contribution < -0.4 is 10.6 Å². The molecule has 1 aromatic carbocycles. The number of amides is 1. The smallest absolute Gasteiger partial charge is 0.241 e. The van der Waals surface area contributed by atoms with Crippen molar-refractivity contribution in [3.63, 3.8) is 0 Å². The minimum atomic E-state index is -0.402. The van der Waals surface area contributed by atoms with Crippen molar-refractivity contribution in [1.29, 1.82) is 0 Å². The van der Waals surface area contributed by atoms with Crippen LogP contribution in [0, 0.1) is 6.92 Å². The van der Waals surface area contributed by atoms with E-state index in [1.807, 2.05) is 0 Å². The molecular weight excluding hydrogens is 248 g/mol. The molecule has 0 unspecified atom stereocenters. The number of carbonyl (C=O) groups is 1. The van der Waals surface area contributed by atoms with Crippen molar-refractivity contribution in [2.45, 2.75) is 39.5 Å². The molecule has 3 heteroatoms. The minimum Gasteiger partial charge on any atom is -0.371 e. The Labute approximate surface area is 121 Å². The Morgan fingerprint density at radius 1 is 1.30 bits per heavy atom. The summed E-state index contributed by atoms with van der Waals surface area (Å²) in [5.41, 5.74) is 10.3. The number of carbonyl (C=O) groups excluding carboxylic acids is 1. The van der Waals surface area contributed by atoms with E-state index in [2.05, 4.69) is 30.9 Å². The van der Waals surface area contributed by atoms with Crippen LogP contribution in [0.25, 0.3) is 6.08 Å². The first-order valence-corrected chi connectivity index (χ1v) is 7.47. The minimum absolute atomic E-state index is 0.402. The summed E-state index contributed by atoms with van der Waals surface area (Å²) in [5.74, 6) is -0.402. The molecule has 0 atom stereocenters. The normalized spacial score (nSPS) is 15.8. The molecule has 1 amide bonds. The second-order valence-electron chi connectivity index (χ2n) is 5.48. The van der Waals surface area contributed by atoms with Gasteiger partial charge < -0.3 is 10.6 Å². The van der Waals surface area contributed by atoms with E-state index in [9.17, 15) is 4.79 Å². The summed E-state index contributed by atoms with van der Waals surface area (Å²) >= 11 is 0. The van der Waals surface area contributed by atoms with Gasteiger partial charge >= 0.3 is 0 Å². The predicted octanol–water partition coefficient (Wildman–Crippen LogP) is 3.05. The van der Waals surface area contributed by atoms with Crippen LogP contribution in [0.3, 0.4) is 0 Å². The van der Waals surface area contributed by atoms with Crippen LogP contribution >= 0.6 is 0 Å². The van der Waals surface area contributed by atoms with Crippen molar-refractivity contribution in [2.75, 3.05) is 18.0 Å². The highest BCUT2D eigenvalue weighted by atomic mass is 16.1. The molecule has 1 heterocycles. The molecule has 1 aliphatic rings. The van der Waals surface area contributed by atoms with Gasteiger partial charge in [0.1, 0.15) is 0 Å². The average molecular weight is 272 g/mol. The van der Waals surface area contributed by atoms with Gasteiger partial charge in [-0.15, -0.1) is 0 Å². The molecule has 2 rings (SSSR count). The van der Waals surface area contributed by atoms with E-state index < -0.39 is 5.91 Å². The molecule has 0 aromatic heterocycles. The molecule has 2 N–H and O–H groups in total. The van der Waals surface area contributed by atoms with Gasteiger partial charge in [-0.2, -0.15) is 0 Å². The van der Waals surface area contributed by atoms with Crippen LogP contribution in [0.4, 0.5) is 5.69 Å². The number of rotatable bonds is 4. The van der Waals surface area contributed by atoms with Crippen molar-refractivity contribution in [1.82, 2.24) is 0 Å². The molecule has 108 valence electrons. The molecule has 20 heavy (non-hydrogen) atoms. The number of anilines is 1. The van der Waals surface area contributed by atoms with Gasteiger partial charge in [-0.05, 0) is 67.5 Å². The van der Waals surface area contributed by atoms with E-state index in [-0.39, 0.29) is 0 Å². The zero-order valence-electron chi connectivity index (χ0n) is 12.5. The fraction of sp³-hybridized carbons (Fsp3) is 0.471. The fourth-order valence-corrected chi connectivity index (χ4v) is 3.00. The third-order valence-corrected chi connectivity index (χ3v) is 3.89. The predicted molar refractivity (Wildman–Crippen MR) is 84.8 cm³/mol. The first-order valence-electron chi connectivity index (χ1n) is 7.47. The van der Waals surface area contributed by atoms with Crippen LogP contribution in [-0.2, 0) is 11.2 Å². The Bertz CT molecular complexity index is 514. The molecule has 0 bridgehead atoms. The van der Waals surface area contributed by atoms with Crippen molar-refractivity contribution in [3.05, 3.63) is 34.9 Å². The molecule has 0 spiro atoms. The molecule has 3 nitrogen and oxygen atoms in total. The second-order valence-corrected chi connectivity index (χ2v) is 5.48. The maximum atomic E-state index is 10.9. The average Bonchev–Trinajstić information content (AvgIpc) is 2.45.